The molecule has 49 heavy (non-hydrogen) atoms. The molecule has 0 radical (unpaired) electrons. The van der Waals surface area contributed by atoms with Gasteiger partial charge < -0.3 is 9.32 Å². The third kappa shape index (κ3) is 5.42. The lowest BCUT2D eigenvalue weighted by Gasteiger charge is -2.27. The van der Waals surface area contributed by atoms with Crippen molar-refractivity contribution in [3.8, 4) is 22.3 Å². The molecule has 0 amide bonds. The fraction of sp³-hybridized carbons (Fsp3) is 0.0638. The van der Waals surface area contributed by atoms with E-state index >= 15 is 0 Å². The van der Waals surface area contributed by atoms with Gasteiger partial charge in [0, 0.05) is 27.5 Å². The van der Waals surface area contributed by atoms with Gasteiger partial charge in [0.05, 0.1) is 5.69 Å². The van der Waals surface area contributed by atoms with Gasteiger partial charge in [-0.05, 0) is 99.6 Å². The fourth-order valence-corrected chi connectivity index (χ4v) is 7.14. The zero-order valence-electron chi connectivity index (χ0n) is 27.4. The van der Waals surface area contributed by atoms with Crippen LogP contribution in [0.5, 0.6) is 0 Å². The summed E-state index contributed by atoms with van der Waals surface area (Å²) in [5, 5.41) is 4.72. The first-order chi connectivity index (χ1) is 24.2. The SMILES string of the molecule is CC1C=CC(c2ccc(-c3ccc(N(c4ccc(-c5ccc6oc7ccccc7c6c5)cc4)c4cccc5ccccc45)cc3)cc2)=CC1. The Hall–Kier alpha value is -6.12. The summed E-state index contributed by atoms with van der Waals surface area (Å²) in [6, 6.07) is 56.7. The Bertz CT molecular complexity index is 2510. The predicted molar refractivity (Wildman–Crippen MR) is 208 cm³/mol. The zero-order chi connectivity index (χ0) is 32.7. The smallest absolute Gasteiger partial charge is 0.135 e. The van der Waals surface area contributed by atoms with Crippen LogP contribution in [0, 0.1) is 5.92 Å². The number of nitrogens with zero attached hydrogens (tertiary/aromatic N) is 1. The van der Waals surface area contributed by atoms with E-state index in [0.29, 0.717) is 5.92 Å². The van der Waals surface area contributed by atoms with Gasteiger partial charge in [-0.2, -0.15) is 0 Å². The van der Waals surface area contributed by atoms with Crippen molar-refractivity contribution in [3.05, 3.63) is 182 Å². The maximum Gasteiger partial charge on any atom is 0.135 e. The number of hydrogen-bond acceptors (Lipinski definition) is 2. The minimum Gasteiger partial charge on any atom is -0.456 e. The van der Waals surface area contributed by atoms with E-state index < -0.39 is 0 Å². The van der Waals surface area contributed by atoms with Crippen LogP contribution in [-0.2, 0) is 0 Å². The molecule has 1 atom stereocenters. The molecule has 7 aromatic carbocycles. The molecule has 0 spiro atoms. The molecular formula is C47H35NO. The highest BCUT2D eigenvalue weighted by atomic mass is 16.3. The van der Waals surface area contributed by atoms with Crippen LogP contribution in [0.25, 0.3) is 60.5 Å². The zero-order valence-corrected chi connectivity index (χ0v) is 27.4. The Morgan fingerprint density at radius 3 is 1.80 bits per heavy atom. The van der Waals surface area contributed by atoms with Gasteiger partial charge in [-0.1, -0.05) is 134 Å². The van der Waals surface area contributed by atoms with E-state index in [9.17, 15) is 0 Å². The Morgan fingerprint density at radius 1 is 0.510 bits per heavy atom. The molecule has 1 unspecified atom stereocenters. The second-order valence-electron chi connectivity index (χ2n) is 13.0. The quantitative estimate of drug-likeness (QED) is 0.182. The molecule has 2 nitrogen and oxygen atoms in total. The third-order valence-corrected chi connectivity index (χ3v) is 9.83. The van der Waals surface area contributed by atoms with Crippen LogP contribution in [0.15, 0.2) is 180 Å². The standard InChI is InChI=1S/C47H35NO/c1-32-13-15-33(16-14-32)34-17-19-35(20-18-34)36-21-26-40(27-22-36)48(45-11-6-8-38-7-2-3-9-42(38)45)41-28-23-37(24-29-41)39-25-30-47-44(31-39)43-10-4-5-12-46(43)49-47/h2-13,15-32H,14H2,1H3. The average Bonchev–Trinajstić information content (AvgIpc) is 3.54. The van der Waals surface area contributed by atoms with Crippen molar-refractivity contribution in [2.24, 2.45) is 5.92 Å². The number of fused-ring (bicyclic) bond motifs is 4. The van der Waals surface area contributed by atoms with Crippen LogP contribution in [0.1, 0.15) is 18.9 Å². The van der Waals surface area contributed by atoms with Gasteiger partial charge in [0.2, 0.25) is 0 Å². The highest BCUT2D eigenvalue weighted by Gasteiger charge is 2.16. The maximum atomic E-state index is 6.09. The van der Waals surface area contributed by atoms with Crippen molar-refractivity contribution in [2.45, 2.75) is 13.3 Å². The first kappa shape index (κ1) is 29.1. The van der Waals surface area contributed by atoms with Crippen molar-refractivity contribution in [2.75, 3.05) is 4.90 Å². The summed E-state index contributed by atoms with van der Waals surface area (Å²) in [4.78, 5) is 2.37. The topological polar surface area (TPSA) is 16.4 Å². The van der Waals surface area contributed by atoms with Gasteiger partial charge in [-0.15, -0.1) is 0 Å². The van der Waals surface area contributed by atoms with Crippen molar-refractivity contribution in [1.29, 1.82) is 0 Å². The summed E-state index contributed by atoms with van der Waals surface area (Å²) in [5.74, 6) is 0.617. The largest absolute Gasteiger partial charge is 0.456 e. The molecule has 9 rings (SSSR count). The molecule has 1 heterocycles. The van der Waals surface area contributed by atoms with E-state index in [-0.39, 0.29) is 0 Å². The Labute approximate surface area is 286 Å². The molecule has 0 saturated heterocycles. The number of hydrogen-bond donors (Lipinski definition) is 0. The highest BCUT2D eigenvalue weighted by molar-refractivity contribution is 6.06. The van der Waals surface area contributed by atoms with Gasteiger partial charge >= 0.3 is 0 Å². The molecule has 8 aromatic rings. The molecule has 0 bridgehead atoms. The van der Waals surface area contributed by atoms with Crippen molar-refractivity contribution in [1.82, 2.24) is 0 Å². The minimum absolute atomic E-state index is 0.617. The molecule has 1 aromatic heterocycles. The van der Waals surface area contributed by atoms with E-state index in [1.54, 1.807) is 0 Å². The summed E-state index contributed by atoms with van der Waals surface area (Å²) in [6.45, 7) is 2.26. The number of benzene rings is 7. The lowest BCUT2D eigenvalue weighted by Crippen LogP contribution is -2.10. The van der Waals surface area contributed by atoms with Crippen LogP contribution < -0.4 is 4.90 Å². The average molecular weight is 630 g/mol. The van der Waals surface area contributed by atoms with Crippen LogP contribution in [0.4, 0.5) is 17.1 Å². The predicted octanol–water partition coefficient (Wildman–Crippen LogP) is 13.5. The molecule has 0 aliphatic heterocycles. The second kappa shape index (κ2) is 12.2. The van der Waals surface area contributed by atoms with E-state index in [1.165, 1.54) is 44.2 Å². The molecule has 2 heteroatoms. The summed E-state index contributed by atoms with van der Waals surface area (Å²) in [5.41, 5.74) is 12.5. The second-order valence-corrected chi connectivity index (χ2v) is 13.0. The highest BCUT2D eigenvalue weighted by Crippen LogP contribution is 2.41. The van der Waals surface area contributed by atoms with E-state index in [0.717, 1.165) is 45.4 Å². The maximum absolute atomic E-state index is 6.09. The fourth-order valence-electron chi connectivity index (χ4n) is 7.14. The number of rotatable bonds is 6. The third-order valence-electron chi connectivity index (χ3n) is 9.83. The molecule has 0 N–H and O–H groups in total. The van der Waals surface area contributed by atoms with E-state index in [4.69, 9.17) is 4.42 Å². The van der Waals surface area contributed by atoms with Crippen molar-refractivity contribution >= 4 is 55.3 Å². The summed E-state index contributed by atoms with van der Waals surface area (Å²) in [6.07, 6.45) is 8.01. The van der Waals surface area contributed by atoms with Crippen LogP contribution >= 0.6 is 0 Å². The van der Waals surface area contributed by atoms with Gasteiger partial charge in [0.25, 0.3) is 0 Å². The molecule has 234 valence electrons. The first-order valence-corrected chi connectivity index (χ1v) is 17.1. The lowest BCUT2D eigenvalue weighted by molar-refractivity contribution is 0.669. The molecule has 1 aliphatic rings. The number of para-hydroxylation sites is 1. The number of furan rings is 1. The van der Waals surface area contributed by atoms with Crippen molar-refractivity contribution < 1.29 is 4.42 Å². The van der Waals surface area contributed by atoms with Crippen LogP contribution in [-0.4, -0.2) is 0 Å². The molecule has 0 saturated carbocycles. The Balaban J connectivity index is 1.07. The van der Waals surface area contributed by atoms with E-state index in [1.807, 2.05) is 12.1 Å². The molecular weight excluding hydrogens is 595 g/mol. The van der Waals surface area contributed by atoms with Gasteiger partial charge in [0.1, 0.15) is 11.2 Å². The van der Waals surface area contributed by atoms with Crippen LogP contribution in [0.2, 0.25) is 0 Å². The number of anilines is 3. The molecule has 1 aliphatic carbocycles. The minimum atomic E-state index is 0.617. The summed E-state index contributed by atoms with van der Waals surface area (Å²) < 4.78 is 6.09. The van der Waals surface area contributed by atoms with E-state index in [2.05, 4.69) is 176 Å². The van der Waals surface area contributed by atoms with Crippen LogP contribution in [0.3, 0.4) is 0 Å². The monoisotopic (exact) mass is 629 g/mol. The number of allylic oxidation sites excluding steroid dienone is 4. The summed E-state index contributed by atoms with van der Waals surface area (Å²) >= 11 is 0. The normalized spacial score (nSPS) is 14.4. The lowest BCUT2D eigenvalue weighted by atomic mass is 9.93. The summed E-state index contributed by atoms with van der Waals surface area (Å²) in [7, 11) is 0. The van der Waals surface area contributed by atoms with Gasteiger partial charge in [-0.3, -0.25) is 0 Å². The Morgan fingerprint density at radius 2 is 1.08 bits per heavy atom. The molecule has 0 fully saturated rings. The Kier molecular flexibility index (Phi) is 7.21. The van der Waals surface area contributed by atoms with Crippen molar-refractivity contribution in [3.63, 3.8) is 0 Å². The first-order valence-electron chi connectivity index (χ1n) is 17.1. The van der Waals surface area contributed by atoms with Gasteiger partial charge in [-0.25, -0.2) is 0 Å². The van der Waals surface area contributed by atoms with Gasteiger partial charge in [0.15, 0.2) is 0 Å².